The third-order valence-electron chi connectivity index (χ3n) is 5.30. The van der Waals surface area contributed by atoms with Gasteiger partial charge in [-0.1, -0.05) is 36.4 Å². The molecule has 5 heteroatoms. The summed E-state index contributed by atoms with van der Waals surface area (Å²) in [5.74, 6) is 0.544. The summed E-state index contributed by atoms with van der Waals surface area (Å²) >= 11 is 0. The molecule has 0 bridgehead atoms. The van der Waals surface area contributed by atoms with Crippen LogP contribution in [-0.2, 0) is 22.6 Å². The molecule has 1 aliphatic heterocycles. The van der Waals surface area contributed by atoms with E-state index in [4.69, 9.17) is 0 Å². The van der Waals surface area contributed by atoms with Gasteiger partial charge in [-0.25, -0.2) is 4.98 Å². The quantitative estimate of drug-likeness (QED) is 0.688. The molecule has 146 valence electrons. The van der Waals surface area contributed by atoms with E-state index in [-0.39, 0.29) is 11.8 Å². The molecule has 0 unspecified atom stereocenters. The lowest BCUT2D eigenvalue weighted by Gasteiger charge is -2.18. The van der Waals surface area contributed by atoms with Crippen LogP contribution in [-0.4, -0.2) is 28.7 Å². The van der Waals surface area contributed by atoms with Crippen LogP contribution in [0.5, 0.6) is 0 Å². The van der Waals surface area contributed by atoms with Crippen LogP contribution in [0.1, 0.15) is 28.7 Å². The van der Waals surface area contributed by atoms with Crippen molar-refractivity contribution in [2.24, 2.45) is 0 Å². The fourth-order valence-corrected chi connectivity index (χ4v) is 3.64. The number of rotatable bonds is 4. The molecule has 0 radical (unpaired) electrons. The van der Waals surface area contributed by atoms with Gasteiger partial charge < -0.3 is 10.2 Å². The van der Waals surface area contributed by atoms with Gasteiger partial charge in [0.1, 0.15) is 5.82 Å². The van der Waals surface area contributed by atoms with Crippen LogP contribution in [0.15, 0.2) is 54.7 Å². The van der Waals surface area contributed by atoms with E-state index in [0.29, 0.717) is 25.2 Å². The maximum atomic E-state index is 12.6. The average molecular weight is 385 g/mol. The molecule has 4 rings (SSSR count). The number of carbonyl (C=O) groups is 2. The lowest BCUT2D eigenvalue weighted by Crippen LogP contribution is -2.24. The number of carbonyl (C=O) groups excluding carboxylic acids is 2. The van der Waals surface area contributed by atoms with Gasteiger partial charge in [-0.05, 0) is 58.5 Å². The monoisotopic (exact) mass is 385 g/mol. The smallest absolute Gasteiger partial charge is 0.246 e. The molecule has 0 saturated heterocycles. The largest absolute Gasteiger partial charge is 0.338 e. The van der Waals surface area contributed by atoms with Gasteiger partial charge in [0.25, 0.3) is 0 Å². The number of benzene rings is 2. The van der Waals surface area contributed by atoms with Crippen molar-refractivity contribution in [3.8, 4) is 0 Å². The van der Waals surface area contributed by atoms with Gasteiger partial charge in [-0.3, -0.25) is 9.59 Å². The summed E-state index contributed by atoms with van der Waals surface area (Å²) in [5, 5.41) is 5.16. The van der Waals surface area contributed by atoms with Crippen LogP contribution in [0, 0.1) is 6.92 Å². The van der Waals surface area contributed by atoms with Crippen molar-refractivity contribution in [2.75, 3.05) is 12.4 Å². The Hall–Kier alpha value is -3.47. The molecule has 0 saturated carbocycles. The van der Waals surface area contributed by atoms with Crippen molar-refractivity contribution in [1.82, 2.24) is 9.88 Å². The molecule has 0 aliphatic carbocycles. The van der Waals surface area contributed by atoms with Gasteiger partial charge in [0.05, 0.1) is 0 Å². The highest BCUT2D eigenvalue weighted by Gasteiger charge is 2.16. The van der Waals surface area contributed by atoms with Crippen molar-refractivity contribution in [2.45, 2.75) is 26.3 Å². The zero-order valence-corrected chi connectivity index (χ0v) is 16.6. The van der Waals surface area contributed by atoms with Crippen molar-refractivity contribution in [1.29, 1.82) is 0 Å². The fraction of sp³-hybridized carbons (Fsp3) is 0.208. The summed E-state index contributed by atoms with van der Waals surface area (Å²) in [6.07, 6.45) is 6.15. The molecule has 1 aromatic heterocycles. The van der Waals surface area contributed by atoms with Crippen molar-refractivity contribution in [3.05, 3.63) is 77.0 Å². The van der Waals surface area contributed by atoms with E-state index < -0.39 is 0 Å². The van der Waals surface area contributed by atoms with E-state index >= 15 is 0 Å². The number of fused-ring (bicyclic) bond motifs is 2. The lowest BCUT2D eigenvalue weighted by atomic mass is 10.00. The van der Waals surface area contributed by atoms with Crippen molar-refractivity contribution in [3.63, 3.8) is 0 Å². The lowest BCUT2D eigenvalue weighted by molar-refractivity contribution is -0.125. The second kappa shape index (κ2) is 7.87. The minimum atomic E-state index is -0.0688. The van der Waals surface area contributed by atoms with Crippen LogP contribution in [0.3, 0.4) is 0 Å². The summed E-state index contributed by atoms with van der Waals surface area (Å²) in [6, 6.07) is 14.4. The topological polar surface area (TPSA) is 62.3 Å². The minimum Gasteiger partial charge on any atom is -0.338 e. The molecule has 29 heavy (non-hydrogen) atoms. The summed E-state index contributed by atoms with van der Waals surface area (Å²) in [6.45, 7) is 2.64. The molecule has 1 N–H and O–H groups in total. The average Bonchev–Trinajstić information content (AvgIpc) is 2.74. The molecule has 2 heterocycles. The number of aromatic nitrogens is 1. The van der Waals surface area contributed by atoms with E-state index in [9.17, 15) is 9.59 Å². The third-order valence-corrected chi connectivity index (χ3v) is 5.30. The number of pyridine rings is 1. The standard InChI is InChI=1S/C24H23N3O2/c1-16-7-9-19(21-6-4-3-5-20(16)21)15-27(2)23(29)12-8-17-13-18-10-11-22(28)26-24(18)25-14-17/h3-9,12-14H,10-11,15H2,1-2H3,(H,25,26,28). The van der Waals surface area contributed by atoms with E-state index in [1.54, 1.807) is 23.2 Å². The van der Waals surface area contributed by atoms with E-state index in [1.807, 2.05) is 25.2 Å². The summed E-state index contributed by atoms with van der Waals surface area (Å²) in [7, 11) is 1.81. The summed E-state index contributed by atoms with van der Waals surface area (Å²) < 4.78 is 0. The Kier molecular flexibility index (Phi) is 5.12. The number of amides is 2. The highest BCUT2D eigenvalue weighted by molar-refractivity contribution is 5.94. The second-order valence-electron chi connectivity index (χ2n) is 7.44. The first-order chi connectivity index (χ1) is 14.0. The van der Waals surface area contributed by atoms with Crippen LogP contribution < -0.4 is 5.32 Å². The number of anilines is 1. The van der Waals surface area contributed by atoms with E-state index in [2.05, 4.69) is 41.5 Å². The fourth-order valence-electron chi connectivity index (χ4n) is 3.64. The second-order valence-corrected chi connectivity index (χ2v) is 7.44. The number of aryl methyl sites for hydroxylation is 2. The van der Waals surface area contributed by atoms with Gasteiger partial charge >= 0.3 is 0 Å². The van der Waals surface area contributed by atoms with Crippen LogP contribution in [0.2, 0.25) is 0 Å². The van der Waals surface area contributed by atoms with Gasteiger partial charge in [0, 0.05) is 32.3 Å². The Morgan fingerprint density at radius 2 is 1.97 bits per heavy atom. The highest BCUT2D eigenvalue weighted by atomic mass is 16.2. The number of hydrogen-bond donors (Lipinski definition) is 1. The Morgan fingerprint density at radius 3 is 2.79 bits per heavy atom. The number of nitrogens with zero attached hydrogens (tertiary/aromatic N) is 2. The first-order valence-corrected chi connectivity index (χ1v) is 9.70. The summed E-state index contributed by atoms with van der Waals surface area (Å²) in [4.78, 5) is 30.1. The predicted molar refractivity (Wildman–Crippen MR) is 115 cm³/mol. The van der Waals surface area contributed by atoms with E-state index in [0.717, 1.165) is 16.7 Å². The third kappa shape index (κ3) is 4.04. The Morgan fingerprint density at radius 1 is 1.17 bits per heavy atom. The van der Waals surface area contributed by atoms with Crippen LogP contribution in [0.25, 0.3) is 16.8 Å². The minimum absolute atomic E-state index is 0.00581. The zero-order chi connectivity index (χ0) is 20.4. The highest BCUT2D eigenvalue weighted by Crippen LogP contribution is 2.24. The normalized spacial score (nSPS) is 13.4. The molecule has 0 spiro atoms. The molecule has 0 atom stereocenters. The van der Waals surface area contributed by atoms with Gasteiger partial charge in [0.2, 0.25) is 11.8 Å². The molecule has 2 aromatic carbocycles. The van der Waals surface area contributed by atoms with Gasteiger partial charge in [-0.15, -0.1) is 0 Å². The number of nitrogens with one attached hydrogen (secondary N) is 1. The van der Waals surface area contributed by atoms with Crippen molar-refractivity contribution >= 4 is 34.5 Å². The molecule has 3 aromatic rings. The summed E-state index contributed by atoms with van der Waals surface area (Å²) in [5.41, 5.74) is 4.21. The molecule has 0 fully saturated rings. The first-order valence-electron chi connectivity index (χ1n) is 9.70. The Labute approximate surface area is 170 Å². The molecule has 1 aliphatic rings. The van der Waals surface area contributed by atoms with Gasteiger partial charge in [0.15, 0.2) is 0 Å². The zero-order valence-electron chi connectivity index (χ0n) is 16.6. The SMILES string of the molecule is Cc1ccc(CN(C)C(=O)C=Cc2cnc3c(c2)CCC(=O)N3)c2ccccc12. The van der Waals surface area contributed by atoms with Crippen LogP contribution >= 0.6 is 0 Å². The maximum Gasteiger partial charge on any atom is 0.246 e. The molecular weight excluding hydrogens is 362 g/mol. The number of hydrogen-bond acceptors (Lipinski definition) is 3. The molecule has 2 amide bonds. The molecule has 5 nitrogen and oxygen atoms in total. The Balaban J connectivity index is 1.48. The number of likely N-dealkylation sites (N-methyl/N-ethyl adjacent to an activating group) is 1. The Bertz CT molecular complexity index is 1130. The van der Waals surface area contributed by atoms with Gasteiger partial charge in [-0.2, -0.15) is 0 Å². The van der Waals surface area contributed by atoms with E-state index in [1.165, 1.54) is 16.3 Å². The van der Waals surface area contributed by atoms with Crippen LogP contribution in [0.4, 0.5) is 5.82 Å². The van der Waals surface area contributed by atoms with Crippen molar-refractivity contribution < 1.29 is 9.59 Å². The molecular formula is C24H23N3O2. The predicted octanol–water partition coefficient (Wildman–Crippen LogP) is 4.10. The first kappa shape index (κ1) is 18.9. The maximum absolute atomic E-state index is 12.6.